The number of aromatic nitrogens is 2. The minimum Gasteiger partial charge on any atom is -0.330 e. The van der Waals surface area contributed by atoms with Gasteiger partial charge in [-0.2, -0.15) is 0 Å². The quantitative estimate of drug-likeness (QED) is 0.788. The fourth-order valence-electron chi connectivity index (χ4n) is 3.17. The summed E-state index contributed by atoms with van der Waals surface area (Å²) in [6.07, 6.45) is 6.54. The molecule has 0 radical (unpaired) electrons. The molecule has 0 bridgehead atoms. The summed E-state index contributed by atoms with van der Waals surface area (Å²) in [6, 6.07) is 8.39. The first-order chi connectivity index (χ1) is 9.23. The van der Waals surface area contributed by atoms with Crippen LogP contribution in [0, 0.1) is 0 Å². The number of rotatable bonds is 3. The van der Waals surface area contributed by atoms with Crippen LogP contribution < -0.4 is 11.4 Å². The zero-order valence-electron chi connectivity index (χ0n) is 10.9. The molecule has 0 unspecified atom stereocenters. The van der Waals surface area contributed by atoms with Crippen LogP contribution in [0.5, 0.6) is 0 Å². The van der Waals surface area contributed by atoms with Gasteiger partial charge in [0.05, 0.1) is 5.69 Å². The van der Waals surface area contributed by atoms with Crippen molar-refractivity contribution in [2.45, 2.75) is 31.1 Å². The minimum absolute atomic E-state index is 0.132. The Morgan fingerprint density at radius 2 is 2.05 bits per heavy atom. The summed E-state index contributed by atoms with van der Waals surface area (Å²) < 4.78 is 0. The van der Waals surface area contributed by atoms with E-state index in [4.69, 9.17) is 5.73 Å². The van der Waals surface area contributed by atoms with E-state index in [-0.39, 0.29) is 11.1 Å². The topological polar surface area (TPSA) is 74.7 Å². The number of imidazole rings is 1. The van der Waals surface area contributed by atoms with E-state index in [0.29, 0.717) is 6.54 Å². The van der Waals surface area contributed by atoms with Gasteiger partial charge in [-0.25, -0.2) is 4.79 Å². The zero-order valence-corrected chi connectivity index (χ0v) is 10.9. The molecule has 1 aromatic carbocycles. The third-order valence-corrected chi connectivity index (χ3v) is 4.33. The Kier molecular flexibility index (Phi) is 3.03. The second kappa shape index (κ2) is 4.70. The smallest absolute Gasteiger partial charge is 0.323 e. The van der Waals surface area contributed by atoms with Gasteiger partial charge in [-0.1, -0.05) is 31.0 Å². The van der Waals surface area contributed by atoms with Crippen molar-refractivity contribution in [3.05, 3.63) is 46.5 Å². The van der Waals surface area contributed by atoms with Gasteiger partial charge in [0, 0.05) is 18.2 Å². The molecule has 0 spiro atoms. The number of nitrogens with one attached hydrogen (secondary N) is 2. The van der Waals surface area contributed by atoms with E-state index in [0.717, 1.165) is 24.1 Å². The molecule has 0 aliphatic heterocycles. The third kappa shape index (κ3) is 2.12. The first kappa shape index (κ1) is 12.2. The lowest BCUT2D eigenvalue weighted by molar-refractivity contribution is 0.453. The van der Waals surface area contributed by atoms with Crippen LogP contribution in [0.15, 0.2) is 35.3 Å². The van der Waals surface area contributed by atoms with E-state index in [1.165, 1.54) is 18.4 Å². The van der Waals surface area contributed by atoms with Gasteiger partial charge in [0.25, 0.3) is 0 Å². The van der Waals surface area contributed by atoms with Crippen LogP contribution in [0.25, 0.3) is 11.3 Å². The number of hydrogen-bond donors (Lipinski definition) is 3. The fraction of sp³-hybridized carbons (Fsp3) is 0.400. The van der Waals surface area contributed by atoms with Crippen LogP contribution in [0.2, 0.25) is 0 Å². The highest BCUT2D eigenvalue weighted by atomic mass is 16.1. The molecule has 0 amide bonds. The predicted molar refractivity (Wildman–Crippen MR) is 76.0 cm³/mol. The number of hydrogen-bond acceptors (Lipinski definition) is 2. The largest absolute Gasteiger partial charge is 0.330 e. The molecule has 1 aromatic heterocycles. The van der Waals surface area contributed by atoms with Gasteiger partial charge in [-0.05, 0) is 30.0 Å². The second-order valence-corrected chi connectivity index (χ2v) is 5.43. The van der Waals surface area contributed by atoms with Crippen LogP contribution in [-0.2, 0) is 5.41 Å². The van der Waals surface area contributed by atoms with Crippen LogP contribution in [0.4, 0.5) is 0 Å². The van der Waals surface area contributed by atoms with E-state index in [2.05, 4.69) is 22.1 Å². The van der Waals surface area contributed by atoms with Crippen LogP contribution >= 0.6 is 0 Å². The van der Waals surface area contributed by atoms with Crippen molar-refractivity contribution in [2.75, 3.05) is 6.54 Å². The molecule has 1 heterocycles. The highest BCUT2D eigenvalue weighted by Crippen LogP contribution is 2.41. The summed E-state index contributed by atoms with van der Waals surface area (Å²) in [5.41, 5.74) is 9.16. The molecule has 1 fully saturated rings. The lowest BCUT2D eigenvalue weighted by Crippen LogP contribution is -2.31. The van der Waals surface area contributed by atoms with Crippen molar-refractivity contribution >= 4 is 0 Å². The molecule has 1 aliphatic carbocycles. The first-order valence-corrected chi connectivity index (χ1v) is 6.82. The Bertz CT molecular complexity index is 620. The van der Waals surface area contributed by atoms with E-state index < -0.39 is 0 Å². The van der Waals surface area contributed by atoms with Crippen molar-refractivity contribution in [3.63, 3.8) is 0 Å². The maximum absolute atomic E-state index is 11.2. The Hall–Kier alpha value is -1.81. The standard InChI is InChI=1S/C15H19N3O/c16-10-15(6-1-2-7-15)12-5-3-4-11(8-12)13-9-17-14(19)18-13/h3-5,8-9H,1-2,6-7,10,16H2,(H2,17,18,19). The molecule has 2 aromatic rings. The number of benzene rings is 1. The maximum Gasteiger partial charge on any atom is 0.323 e. The lowest BCUT2D eigenvalue weighted by atomic mass is 9.78. The SMILES string of the molecule is NCC1(c2cccc(-c3c[nH]c(=O)[nH]3)c2)CCCC1. The van der Waals surface area contributed by atoms with Crippen LogP contribution in [-0.4, -0.2) is 16.5 Å². The van der Waals surface area contributed by atoms with Gasteiger partial charge in [0.2, 0.25) is 0 Å². The summed E-state index contributed by atoms with van der Waals surface area (Å²) in [5, 5.41) is 0. The molecule has 1 aliphatic rings. The summed E-state index contributed by atoms with van der Waals surface area (Å²) in [5.74, 6) is 0. The third-order valence-electron chi connectivity index (χ3n) is 4.33. The lowest BCUT2D eigenvalue weighted by Gasteiger charge is -2.28. The Labute approximate surface area is 112 Å². The average molecular weight is 257 g/mol. The summed E-state index contributed by atoms with van der Waals surface area (Å²) >= 11 is 0. The molecule has 19 heavy (non-hydrogen) atoms. The van der Waals surface area contributed by atoms with E-state index >= 15 is 0 Å². The summed E-state index contributed by atoms with van der Waals surface area (Å²) in [7, 11) is 0. The monoisotopic (exact) mass is 257 g/mol. The molecular formula is C15H19N3O. The molecule has 1 saturated carbocycles. The van der Waals surface area contributed by atoms with Gasteiger partial charge in [0.1, 0.15) is 0 Å². The molecule has 3 rings (SSSR count). The van der Waals surface area contributed by atoms with Gasteiger partial charge in [-0.15, -0.1) is 0 Å². The number of nitrogens with two attached hydrogens (primary N) is 1. The van der Waals surface area contributed by atoms with Crippen LogP contribution in [0.1, 0.15) is 31.2 Å². The molecule has 0 saturated heterocycles. The molecule has 0 atom stereocenters. The molecule has 4 nitrogen and oxygen atoms in total. The van der Waals surface area contributed by atoms with E-state index in [1.807, 2.05) is 12.1 Å². The van der Waals surface area contributed by atoms with Crippen molar-refractivity contribution < 1.29 is 0 Å². The van der Waals surface area contributed by atoms with Crippen LogP contribution in [0.3, 0.4) is 0 Å². The number of H-pyrrole nitrogens is 2. The van der Waals surface area contributed by atoms with E-state index in [1.54, 1.807) is 6.20 Å². The summed E-state index contributed by atoms with van der Waals surface area (Å²) in [4.78, 5) is 16.6. The van der Waals surface area contributed by atoms with E-state index in [9.17, 15) is 4.79 Å². The van der Waals surface area contributed by atoms with Crippen molar-refractivity contribution in [2.24, 2.45) is 5.73 Å². The fourth-order valence-corrected chi connectivity index (χ4v) is 3.17. The average Bonchev–Trinajstić information content (AvgIpc) is 3.08. The van der Waals surface area contributed by atoms with Gasteiger partial charge in [-0.3, -0.25) is 0 Å². The highest BCUT2D eigenvalue weighted by Gasteiger charge is 2.34. The van der Waals surface area contributed by atoms with Gasteiger partial charge in [0.15, 0.2) is 0 Å². The Balaban J connectivity index is 2.02. The predicted octanol–water partition coefficient (Wildman–Crippen LogP) is 2.14. The Morgan fingerprint density at radius 3 is 2.68 bits per heavy atom. The van der Waals surface area contributed by atoms with Gasteiger partial charge >= 0.3 is 5.69 Å². The molecular weight excluding hydrogens is 238 g/mol. The second-order valence-electron chi connectivity index (χ2n) is 5.43. The molecule has 4 N–H and O–H groups in total. The maximum atomic E-state index is 11.2. The molecule has 100 valence electrons. The number of aromatic amines is 2. The minimum atomic E-state index is -0.171. The normalized spacial score (nSPS) is 17.7. The highest BCUT2D eigenvalue weighted by molar-refractivity contribution is 5.59. The Morgan fingerprint density at radius 1 is 1.26 bits per heavy atom. The first-order valence-electron chi connectivity index (χ1n) is 6.82. The van der Waals surface area contributed by atoms with Crippen molar-refractivity contribution in [1.29, 1.82) is 0 Å². The zero-order chi connectivity index (χ0) is 13.3. The van der Waals surface area contributed by atoms with Gasteiger partial charge < -0.3 is 15.7 Å². The molecule has 4 heteroatoms. The summed E-state index contributed by atoms with van der Waals surface area (Å²) in [6.45, 7) is 0.695. The van der Waals surface area contributed by atoms with Crippen molar-refractivity contribution in [1.82, 2.24) is 9.97 Å². The van der Waals surface area contributed by atoms with Crippen molar-refractivity contribution in [3.8, 4) is 11.3 Å².